The van der Waals surface area contributed by atoms with E-state index < -0.39 is 0 Å². The first-order valence-electron chi connectivity index (χ1n) is 9.16. The SMILES string of the molecule is COc1nc2ccccc2nc1CCC(=O)NCCC1C(C)NNC1C. The van der Waals surface area contributed by atoms with Gasteiger partial charge in [0.1, 0.15) is 5.69 Å². The molecule has 2 aromatic rings. The van der Waals surface area contributed by atoms with Gasteiger partial charge in [-0.05, 0) is 38.3 Å². The van der Waals surface area contributed by atoms with Gasteiger partial charge in [-0.2, -0.15) is 0 Å². The van der Waals surface area contributed by atoms with Gasteiger partial charge in [-0.1, -0.05) is 12.1 Å². The summed E-state index contributed by atoms with van der Waals surface area (Å²) in [6.45, 7) is 5.00. The van der Waals surface area contributed by atoms with Crippen LogP contribution in [0.1, 0.15) is 32.4 Å². The van der Waals surface area contributed by atoms with Crippen LogP contribution in [0.5, 0.6) is 5.88 Å². The Balaban J connectivity index is 1.52. The van der Waals surface area contributed by atoms with E-state index in [2.05, 4.69) is 40.0 Å². The summed E-state index contributed by atoms with van der Waals surface area (Å²) in [5.41, 5.74) is 8.80. The number of hydrogen-bond acceptors (Lipinski definition) is 6. The number of rotatable bonds is 7. The highest BCUT2D eigenvalue weighted by molar-refractivity contribution is 5.77. The number of benzene rings is 1. The van der Waals surface area contributed by atoms with Crippen LogP contribution < -0.4 is 20.9 Å². The molecule has 0 radical (unpaired) electrons. The first kappa shape index (κ1) is 18.5. The van der Waals surface area contributed by atoms with E-state index in [1.54, 1.807) is 7.11 Å². The van der Waals surface area contributed by atoms with Crippen LogP contribution in [0, 0.1) is 5.92 Å². The van der Waals surface area contributed by atoms with Crippen molar-refractivity contribution in [1.29, 1.82) is 0 Å². The summed E-state index contributed by atoms with van der Waals surface area (Å²) in [6.07, 6.45) is 1.83. The molecule has 26 heavy (non-hydrogen) atoms. The average Bonchev–Trinajstić information content (AvgIpc) is 2.97. The van der Waals surface area contributed by atoms with Crippen LogP contribution in [0.3, 0.4) is 0 Å². The largest absolute Gasteiger partial charge is 0.480 e. The lowest BCUT2D eigenvalue weighted by Crippen LogP contribution is -2.31. The molecular weight excluding hydrogens is 330 g/mol. The van der Waals surface area contributed by atoms with Crippen molar-refractivity contribution in [3.63, 3.8) is 0 Å². The zero-order valence-corrected chi connectivity index (χ0v) is 15.6. The van der Waals surface area contributed by atoms with Crippen molar-refractivity contribution in [2.45, 2.75) is 45.2 Å². The molecule has 1 aliphatic heterocycles. The number of nitrogens with one attached hydrogen (secondary N) is 3. The number of carbonyl (C=O) groups is 1. The van der Waals surface area contributed by atoms with E-state index in [0.717, 1.165) is 17.5 Å². The third-order valence-corrected chi connectivity index (χ3v) is 5.01. The summed E-state index contributed by atoms with van der Waals surface area (Å²) < 4.78 is 5.34. The molecule has 3 N–H and O–H groups in total. The number of hydrogen-bond donors (Lipinski definition) is 3. The van der Waals surface area contributed by atoms with E-state index in [9.17, 15) is 4.79 Å². The summed E-state index contributed by atoms with van der Waals surface area (Å²) >= 11 is 0. The fourth-order valence-electron chi connectivity index (χ4n) is 3.46. The van der Waals surface area contributed by atoms with Gasteiger partial charge >= 0.3 is 0 Å². The molecule has 3 rings (SSSR count). The fourth-order valence-corrected chi connectivity index (χ4v) is 3.46. The zero-order chi connectivity index (χ0) is 18.5. The highest BCUT2D eigenvalue weighted by Gasteiger charge is 2.29. The van der Waals surface area contributed by atoms with Crippen molar-refractivity contribution in [3.8, 4) is 5.88 Å². The van der Waals surface area contributed by atoms with Crippen molar-refractivity contribution in [3.05, 3.63) is 30.0 Å². The number of fused-ring (bicyclic) bond motifs is 1. The standard InChI is InChI=1S/C19H27N5O2/c1-12-14(13(2)24-23-12)10-11-20-18(25)9-8-17-19(26-3)22-16-7-5-4-6-15(16)21-17/h4-7,12-14,23-24H,8-11H2,1-3H3,(H,20,25). The maximum Gasteiger partial charge on any atom is 0.235 e. The van der Waals surface area contributed by atoms with Gasteiger partial charge < -0.3 is 10.1 Å². The zero-order valence-electron chi connectivity index (χ0n) is 15.6. The van der Waals surface area contributed by atoms with Crippen LogP contribution in [-0.2, 0) is 11.2 Å². The molecule has 1 amide bonds. The first-order valence-corrected chi connectivity index (χ1v) is 9.16. The average molecular weight is 357 g/mol. The Kier molecular flexibility index (Phi) is 6.00. The van der Waals surface area contributed by atoms with Crippen LogP contribution >= 0.6 is 0 Å². The number of carbonyl (C=O) groups excluding carboxylic acids is 1. The number of aryl methyl sites for hydroxylation is 1. The predicted octanol–water partition coefficient (Wildman–Crippen LogP) is 1.58. The summed E-state index contributed by atoms with van der Waals surface area (Å²) in [7, 11) is 1.58. The quantitative estimate of drug-likeness (QED) is 0.697. The minimum atomic E-state index is 0.0289. The molecule has 2 unspecified atom stereocenters. The number of methoxy groups -OCH3 is 1. The van der Waals surface area contributed by atoms with Crippen molar-refractivity contribution in [1.82, 2.24) is 26.1 Å². The minimum absolute atomic E-state index is 0.0289. The predicted molar refractivity (Wildman–Crippen MR) is 101 cm³/mol. The van der Waals surface area contributed by atoms with E-state index in [4.69, 9.17) is 4.74 Å². The van der Waals surface area contributed by atoms with Gasteiger partial charge in [-0.3, -0.25) is 15.6 Å². The molecule has 1 fully saturated rings. The summed E-state index contributed by atoms with van der Waals surface area (Å²) in [4.78, 5) is 21.3. The lowest BCUT2D eigenvalue weighted by atomic mass is 9.93. The van der Waals surface area contributed by atoms with Gasteiger partial charge in [-0.25, -0.2) is 9.97 Å². The van der Waals surface area contributed by atoms with Gasteiger partial charge in [0.15, 0.2) is 0 Å². The molecule has 1 aliphatic rings. The molecule has 0 aliphatic carbocycles. The van der Waals surface area contributed by atoms with Crippen LogP contribution in [0.25, 0.3) is 11.0 Å². The van der Waals surface area contributed by atoms with Crippen LogP contribution in [0.2, 0.25) is 0 Å². The van der Waals surface area contributed by atoms with Gasteiger partial charge in [-0.15, -0.1) is 0 Å². The summed E-state index contributed by atoms with van der Waals surface area (Å²) in [5, 5.41) is 3.01. The highest BCUT2D eigenvalue weighted by atomic mass is 16.5. The number of para-hydroxylation sites is 2. The molecular formula is C19H27N5O2. The molecule has 7 nitrogen and oxygen atoms in total. The highest BCUT2D eigenvalue weighted by Crippen LogP contribution is 2.20. The van der Waals surface area contributed by atoms with E-state index >= 15 is 0 Å². The Bertz CT molecular complexity index is 757. The molecule has 0 bridgehead atoms. The second-order valence-electron chi connectivity index (χ2n) is 6.84. The number of ether oxygens (including phenoxy) is 1. The third-order valence-electron chi connectivity index (χ3n) is 5.01. The lowest BCUT2D eigenvalue weighted by Gasteiger charge is -2.17. The molecule has 0 spiro atoms. The van der Waals surface area contributed by atoms with Crippen LogP contribution in [0.15, 0.2) is 24.3 Å². The van der Waals surface area contributed by atoms with E-state index in [-0.39, 0.29) is 5.91 Å². The summed E-state index contributed by atoms with van der Waals surface area (Å²) in [5.74, 6) is 1.03. The van der Waals surface area contributed by atoms with Gasteiger partial charge in [0.05, 0.1) is 18.1 Å². The normalized spacial score (nSPS) is 22.5. The number of hydrazine groups is 1. The topological polar surface area (TPSA) is 88.2 Å². The third kappa shape index (κ3) is 4.28. The van der Waals surface area contributed by atoms with Crippen LogP contribution in [-0.4, -0.2) is 41.6 Å². The Morgan fingerprint density at radius 1 is 1.15 bits per heavy atom. The maximum absolute atomic E-state index is 12.2. The second-order valence-corrected chi connectivity index (χ2v) is 6.84. The second kappa shape index (κ2) is 8.42. The van der Waals surface area contributed by atoms with E-state index in [0.29, 0.717) is 49.0 Å². The Morgan fingerprint density at radius 2 is 1.81 bits per heavy atom. The van der Waals surface area contributed by atoms with Crippen molar-refractivity contribution >= 4 is 16.9 Å². The molecule has 1 aromatic carbocycles. The Morgan fingerprint density at radius 3 is 2.46 bits per heavy atom. The Labute approximate surface area is 153 Å². The molecule has 0 saturated carbocycles. The molecule has 1 aromatic heterocycles. The lowest BCUT2D eigenvalue weighted by molar-refractivity contribution is -0.121. The van der Waals surface area contributed by atoms with Gasteiger partial charge in [0, 0.05) is 31.5 Å². The fraction of sp³-hybridized carbons (Fsp3) is 0.526. The van der Waals surface area contributed by atoms with Crippen molar-refractivity contribution < 1.29 is 9.53 Å². The molecule has 2 heterocycles. The number of nitrogens with zero attached hydrogens (tertiary/aromatic N) is 2. The van der Waals surface area contributed by atoms with Crippen LogP contribution in [0.4, 0.5) is 0 Å². The molecule has 1 saturated heterocycles. The van der Waals surface area contributed by atoms with E-state index in [1.165, 1.54) is 0 Å². The van der Waals surface area contributed by atoms with E-state index in [1.807, 2.05) is 24.3 Å². The number of amides is 1. The monoisotopic (exact) mass is 357 g/mol. The van der Waals surface area contributed by atoms with Gasteiger partial charge in [0.2, 0.25) is 11.8 Å². The van der Waals surface area contributed by atoms with Gasteiger partial charge in [0.25, 0.3) is 0 Å². The molecule has 7 heteroatoms. The number of aromatic nitrogens is 2. The van der Waals surface area contributed by atoms with Crippen molar-refractivity contribution in [2.24, 2.45) is 5.92 Å². The Hall–Kier alpha value is -2.25. The minimum Gasteiger partial charge on any atom is -0.480 e. The smallest absolute Gasteiger partial charge is 0.235 e. The molecule has 2 atom stereocenters. The van der Waals surface area contributed by atoms with Crippen molar-refractivity contribution in [2.75, 3.05) is 13.7 Å². The molecule has 140 valence electrons. The summed E-state index contributed by atoms with van der Waals surface area (Å²) in [6, 6.07) is 8.49. The first-order chi connectivity index (χ1) is 12.6. The maximum atomic E-state index is 12.2.